The summed E-state index contributed by atoms with van der Waals surface area (Å²) in [5.41, 5.74) is 0. The topological polar surface area (TPSA) is 50.3 Å². The van der Waals surface area contributed by atoms with E-state index in [1.165, 1.54) is 0 Å². The van der Waals surface area contributed by atoms with Crippen molar-refractivity contribution in [3.63, 3.8) is 0 Å². The van der Waals surface area contributed by atoms with Crippen LogP contribution in [0.2, 0.25) is 0 Å². The quantitative estimate of drug-likeness (QED) is 0.679. The third kappa shape index (κ3) is 3.18. The summed E-state index contributed by atoms with van der Waals surface area (Å²) in [4.78, 5) is 10.1. The maximum absolute atomic E-state index is 5.40. The Kier molecular flexibility index (Phi) is 4.12. The van der Waals surface area contributed by atoms with E-state index >= 15 is 0 Å². The molecule has 1 heterocycles. The van der Waals surface area contributed by atoms with Gasteiger partial charge in [-0.2, -0.15) is 4.98 Å². The van der Waals surface area contributed by atoms with Crippen LogP contribution in [0, 0.1) is 0 Å². The minimum atomic E-state index is 0.610. The van der Waals surface area contributed by atoms with Crippen LogP contribution in [0.4, 0.5) is 5.95 Å². The molecule has 0 saturated carbocycles. The van der Waals surface area contributed by atoms with Crippen molar-refractivity contribution in [1.29, 1.82) is 0 Å². The number of hydrogen-bond donors (Lipinski definition) is 1. The molecule has 1 rings (SSSR count). The lowest BCUT2D eigenvalue weighted by molar-refractivity contribution is 0.306. The summed E-state index contributed by atoms with van der Waals surface area (Å²) >= 11 is 0. The highest BCUT2D eigenvalue weighted by molar-refractivity contribution is 5.29. The highest BCUT2D eigenvalue weighted by Crippen LogP contribution is 2.09. The fraction of sp³-hybridized carbons (Fsp3) is 0.556. The number of rotatable bonds is 5. The molecule has 1 N–H and O–H groups in total. The van der Waals surface area contributed by atoms with E-state index in [4.69, 9.17) is 4.74 Å². The van der Waals surface area contributed by atoms with Crippen molar-refractivity contribution in [3.05, 3.63) is 12.3 Å². The van der Waals surface area contributed by atoms with E-state index in [1.807, 2.05) is 26.0 Å². The molecule has 0 saturated heterocycles. The predicted molar refractivity (Wildman–Crippen MR) is 55.8 cm³/mol. The molecule has 0 aliphatic heterocycles. The number of anilines is 1. The normalized spacial score (nSPS) is 9.93. The number of ether oxygens (including phenoxy) is 1. The molecule has 14 heavy (non-hydrogen) atoms. The van der Waals surface area contributed by atoms with Gasteiger partial charge in [-0.15, -0.1) is 0 Å². The first-order valence-corrected chi connectivity index (χ1v) is 4.52. The van der Waals surface area contributed by atoms with Crippen LogP contribution in [-0.2, 0) is 0 Å². The fourth-order valence-electron chi connectivity index (χ4n) is 0.886. The standard InChI is InChI=1S/C9H16N4O/c1-10-6-7-14-8-4-5-11-9(12-8)13(2)3/h4-5,10H,6-7H2,1-3H3. The lowest BCUT2D eigenvalue weighted by Crippen LogP contribution is -2.17. The van der Waals surface area contributed by atoms with Crippen LogP contribution in [0.1, 0.15) is 0 Å². The first-order chi connectivity index (χ1) is 6.74. The highest BCUT2D eigenvalue weighted by Gasteiger charge is 2.00. The molecule has 0 amide bonds. The van der Waals surface area contributed by atoms with Gasteiger partial charge in [0.15, 0.2) is 0 Å². The molecule has 0 atom stereocenters. The Bertz CT molecular complexity index is 277. The molecule has 0 spiro atoms. The molecule has 0 aliphatic rings. The number of likely N-dealkylation sites (N-methyl/N-ethyl adjacent to an activating group) is 1. The first-order valence-electron chi connectivity index (χ1n) is 4.52. The zero-order valence-corrected chi connectivity index (χ0v) is 8.82. The molecule has 0 bridgehead atoms. The Morgan fingerprint density at radius 3 is 2.93 bits per heavy atom. The van der Waals surface area contributed by atoms with E-state index in [-0.39, 0.29) is 0 Å². The van der Waals surface area contributed by atoms with Crippen LogP contribution >= 0.6 is 0 Å². The smallest absolute Gasteiger partial charge is 0.228 e. The Hall–Kier alpha value is -1.36. The van der Waals surface area contributed by atoms with Crippen LogP contribution in [0.3, 0.4) is 0 Å². The molecule has 78 valence electrons. The summed E-state index contributed by atoms with van der Waals surface area (Å²) in [5.74, 6) is 1.27. The van der Waals surface area contributed by atoms with Gasteiger partial charge in [0.2, 0.25) is 11.8 Å². The second kappa shape index (κ2) is 5.39. The summed E-state index contributed by atoms with van der Waals surface area (Å²) in [6.45, 7) is 1.42. The zero-order valence-electron chi connectivity index (χ0n) is 8.82. The summed E-state index contributed by atoms with van der Waals surface area (Å²) < 4.78 is 5.40. The maximum Gasteiger partial charge on any atom is 0.228 e. The van der Waals surface area contributed by atoms with E-state index in [1.54, 1.807) is 12.3 Å². The molecule has 1 aromatic heterocycles. The van der Waals surface area contributed by atoms with Gasteiger partial charge in [0.05, 0.1) is 0 Å². The van der Waals surface area contributed by atoms with E-state index < -0.39 is 0 Å². The molecule has 0 aromatic carbocycles. The predicted octanol–water partition coefficient (Wildman–Crippen LogP) is 0.141. The SMILES string of the molecule is CNCCOc1ccnc(N(C)C)n1. The lowest BCUT2D eigenvalue weighted by atomic mass is 10.6. The van der Waals surface area contributed by atoms with Crippen molar-refractivity contribution < 1.29 is 4.74 Å². The number of hydrogen-bond acceptors (Lipinski definition) is 5. The molecule has 0 radical (unpaired) electrons. The van der Waals surface area contributed by atoms with Crippen molar-refractivity contribution >= 4 is 5.95 Å². The molecule has 0 unspecified atom stereocenters. The van der Waals surface area contributed by atoms with Crippen molar-refractivity contribution in [3.8, 4) is 5.88 Å². The average Bonchev–Trinajstić information content (AvgIpc) is 2.19. The van der Waals surface area contributed by atoms with Gasteiger partial charge < -0.3 is 15.0 Å². The summed E-state index contributed by atoms with van der Waals surface area (Å²) in [6, 6.07) is 1.75. The van der Waals surface area contributed by atoms with Gasteiger partial charge in [0, 0.05) is 32.9 Å². The Morgan fingerprint density at radius 2 is 2.29 bits per heavy atom. The summed E-state index contributed by atoms with van der Waals surface area (Å²) in [6.07, 6.45) is 1.69. The first kappa shape index (κ1) is 10.7. The molecular weight excluding hydrogens is 180 g/mol. The Labute approximate surface area is 84.1 Å². The van der Waals surface area contributed by atoms with Crippen LogP contribution in [-0.4, -0.2) is 44.3 Å². The second-order valence-corrected chi connectivity index (χ2v) is 3.04. The van der Waals surface area contributed by atoms with Crippen molar-refractivity contribution in [1.82, 2.24) is 15.3 Å². The van der Waals surface area contributed by atoms with Gasteiger partial charge >= 0.3 is 0 Å². The van der Waals surface area contributed by atoms with Gasteiger partial charge in [-0.1, -0.05) is 0 Å². The van der Waals surface area contributed by atoms with Gasteiger partial charge in [0.25, 0.3) is 0 Å². The molecular formula is C9H16N4O. The minimum Gasteiger partial charge on any atom is -0.476 e. The van der Waals surface area contributed by atoms with Gasteiger partial charge in [0.1, 0.15) is 6.61 Å². The monoisotopic (exact) mass is 196 g/mol. The Morgan fingerprint density at radius 1 is 1.50 bits per heavy atom. The van der Waals surface area contributed by atoms with Crippen LogP contribution < -0.4 is 15.0 Å². The van der Waals surface area contributed by atoms with Crippen molar-refractivity contribution in [2.45, 2.75) is 0 Å². The van der Waals surface area contributed by atoms with Crippen LogP contribution in [0.5, 0.6) is 5.88 Å². The van der Waals surface area contributed by atoms with Gasteiger partial charge in [-0.25, -0.2) is 4.98 Å². The Balaban J connectivity index is 2.55. The van der Waals surface area contributed by atoms with Crippen molar-refractivity contribution in [2.24, 2.45) is 0 Å². The molecule has 1 aromatic rings. The largest absolute Gasteiger partial charge is 0.476 e. The second-order valence-electron chi connectivity index (χ2n) is 3.04. The molecule has 5 nitrogen and oxygen atoms in total. The maximum atomic E-state index is 5.40. The summed E-state index contributed by atoms with van der Waals surface area (Å²) in [5, 5.41) is 3.00. The van der Waals surface area contributed by atoms with E-state index in [9.17, 15) is 0 Å². The lowest BCUT2D eigenvalue weighted by Gasteiger charge is -2.11. The van der Waals surface area contributed by atoms with Gasteiger partial charge in [-0.3, -0.25) is 0 Å². The number of nitrogens with one attached hydrogen (secondary N) is 1. The fourth-order valence-corrected chi connectivity index (χ4v) is 0.886. The average molecular weight is 196 g/mol. The van der Waals surface area contributed by atoms with Gasteiger partial charge in [-0.05, 0) is 7.05 Å². The molecule has 5 heteroatoms. The van der Waals surface area contributed by atoms with E-state index in [2.05, 4.69) is 15.3 Å². The third-order valence-electron chi connectivity index (χ3n) is 1.62. The minimum absolute atomic E-state index is 0.610. The van der Waals surface area contributed by atoms with Crippen molar-refractivity contribution in [2.75, 3.05) is 39.2 Å². The zero-order chi connectivity index (χ0) is 10.4. The molecule has 0 aliphatic carbocycles. The number of aromatic nitrogens is 2. The van der Waals surface area contributed by atoms with E-state index in [0.717, 1.165) is 6.54 Å². The van der Waals surface area contributed by atoms with E-state index in [0.29, 0.717) is 18.4 Å². The highest BCUT2D eigenvalue weighted by atomic mass is 16.5. The summed E-state index contributed by atoms with van der Waals surface area (Å²) in [7, 11) is 5.67. The van der Waals surface area contributed by atoms with Crippen LogP contribution in [0.15, 0.2) is 12.3 Å². The third-order valence-corrected chi connectivity index (χ3v) is 1.62. The molecule has 0 fully saturated rings. The number of nitrogens with zero attached hydrogens (tertiary/aromatic N) is 3. The van der Waals surface area contributed by atoms with Crippen LogP contribution in [0.25, 0.3) is 0 Å².